The summed E-state index contributed by atoms with van der Waals surface area (Å²) < 4.78 is 43.8. The molecule has 5 rings (SSSR count). The average Bonchev–Trinajstić information content (AvgIpc) is 3.33. The molecule has 2 aliphatic heterocycles. The van der Waals surface area contributed by atoms with Gasteiger partial charge >= 0.3 is 6.18 Å². The third kappa shape index (κ3) is 2.26. The standard InChI is InChI=1S/C16H15F3N8/c1-10-23-24-13-15(8-16(17,18)19)3-2-5-26(15)12-11(27(10)13)7-21-14(22-12)25-6-4-20-9-25/h4,6-7,9H,2-3,5,8H2,1H3. The Morgan fingerprint density at radius 1 is 1.26 bits per heavy atom. The van der Waals surface area contributed by atoms with Crippen molar-refractivity contribution in [3.8, 4) is 11.6 Å². The molecule has 8 nitrogen and oxygen atoms in total. The number of alkyl halides is 3. The van der Waals surface area contributed by atoms with E-state index in [0.717, 1.165) is 0 Å². The molecule has 140 valence electrons. The van der Waals surface area contributed by atoms with Gasteiger partial charge in [-0.15, -0.1) is 10.2 Å². The molecule has 3 aromatic heterocycles. The average molecular weight is 376 g/mol. The number of hydrogen-bond donors (Lipinski definition) is 0. The molecule has 0 bridgehead atoms. The largest absolute Gasteiger partial charge is 0.391 e. The molecule has 1 saturated heterocycles. The number of aryl methyl sites for hydroxylation is 1. The lowest BCUT2D eigenvalue weighted by Crippen LogP contribution is -2.50. The summed E-state index contributed by atoms with van der Waals surface area (Å²) in [6.07, 6.45) is 2.05. The zero-order chi connectivity index (χ0) is 18.8. The van der Waals surface area contributed by atoms with Crippen molar-refractivity contribution in [1.29, 1.82) is 0 Å². The number of halogens is 3. The van der Waals surface area contributed by atoms with Gasteiger partial charge in [-0.2, -0.15) is 18.2 Å². The summed E-state index contributed by atoms with van der Waals surface area (Å²) in [5.74, 6) is 1.64. The Labute approximate surface area is 151 Å². The highest BCUT2D eigenvalue weighted by Crippen LogP contribution is 2.51. The molecular weight excluding hydrogens is 361 g/mol. The maximum atomic E-state index is 13.5. The Morgan fingerprint density at radius 2 is 2.11 bits per heavy atom. The fourth-order valence-corrected chi connectivity index (χ4v) is 4.18. The van der Waals surface area contributed by atoms with E-state index in [2.05, 4.69) is 25.1 Å². The zero-order valence-corrected chi connectivity index (χ0v) is 14.3. The van der Waals surface area contributed by atoms with Crippen LogP contribution in [0.15, 0.2) is 24.9 Å². The minimum absolute atomic E-state index is 0.307. The van der Waals surface area contributed by atoms with Crippen LogP contribution in [0.4, 0.5) is 19.0 Å². The van der Waals surface area contributed by atoms with Crippen molar-refractivity contribution in [3.63, 3.8) is 0 Å². The molecule has 0 spiro atoms. The molecular formula is C16H15F3N8. The van der Waals surface area contributed by atoms with Crippen molar-refractivity contribution in [3.05, 3.63) is 36.6 Å². The predicted octanol–water partition coefficient (Wildman–Crippen LogP) is 2.31. The van der Waals surface area contributed by atoms with Crippen LogP contribution in [0.1, 0.15) is 30.9 Å². The van der Waals surface area contributed by atoms with Crippen molar-refractivity contribution >= 4 is 5.82 Å². The van der Waals surface area contributed by atoms with Crippen LogP contribution in [-0.4, -0.2) is 47.0 Å². The predicted molar refractivity (Wildman–Crippen MR) is 87.7 cm³/mol. The van der Waals surface area contributed by atoms with Gasteiger partial charge in [0.2, 0.25) is 5.95 Å². The summed E-state index contributed by atoms with van der Waals surface area (Å²) in [6.45, 7) is 2.19. The van der Waals surface area contributed by atoms with Gasteiger partial charge in [0.05, 0.1) is 12.6 Å². The summed E-state index contributed by atoms with van der Waals surface area (Å²) in [5.41, 5.74) is -0.705. The molecule has 11 heteroatoms. The molecule has 0 aliphatic carbocycles. The molecule has 1 unspecified atom stereocenters. The number of imidazole rings is 1. The van der Waals surface area contributed by atoms with Gasteiger partial charge in [0, 0.05) is 18.9 Å². The maximum Gasteiger partial charge on any atom is 0.391 e. The van der Waals surface area contributed by atoms with E-state index in [-0.39, 0.29) is 0 Å². The van der Waals surface area contributed by atoms with E-state index >= 15 is 0 Å². The van der Waals surface area contributed by atoms with Gasteiger partial charge in [-0.3, -0.25) is 9.13 Å². The zero-order valence-electron chi connectivity index (χ0n) is 14.3. The van der Waals surface area contributed by atoms with Crippen molar-refractivity contribution in [2.45, 2.75) is 37.9 Å². The summed E-state index contributed by atoms with van der Waals surface area (Å²) in [5, 5.41) is 8.18. The molecule has 5 heterocycles. The highest BCUT2D eigenvalue weighted by molar-refractivity contribution is 5.65. The number of aromatic nitrogens is 7. The van der Waals surface area contributed by atoms with Crippen LogP contribution in [-0.2, 0) is 5.54 Å². The molecule has 0 amide bonds. The minimum Gasteiger partial charge on any atom is -0.341 e. The molecule has 2 aliphatic rings. The minimum atomic E-state index is -4.34. The topological polar surface area (TPSA) is 77.5 Å². The SMILES string of the molecule is Cc1nnc2n1-c1cnc(-n3ccnc3)nc1N1CCCC21CC(F)(F)F. The first-order chi connectivity index (χ1) is 12.9. The van der Waals surface area contributed by atoms with Gasteiger partial charge in [-0.05, 0) is 19.8 Å². The fraction of sp³-hybridized carbons (Fsp3) is 0.438. The Bertz CT molecular complexity index is 1010. The first-order valence-corrected chi connectivity index (χ1v) is 8.52. The van der Waals surface area contributed by atoms with Crippen molar-refractivity contribution in [2.24, 2.45) is 0 Å². The number of fused-ring (bicyclic) bond motifs is 6. The Balaban J connectivity index is 1.75. The van der Waals surface area contributed by atoms with Crippen molar-refractivity contribution < 1.29 is 13.2 Å². The molecule has 1 fully saturated rings. The lowest BCUT2D eigenvalue weighted by atomic mass is 9.88. The van der Waals surface area contributed by atoms with E-state index in [1.165, 1.54) is 0 Å². The monoisotopic (exact) mass is 376 g/mol. The highest BCUT2D eigenvalue weighted by atomic mass is 19.4. The maximum absolute atomic E-state index is 13.5. The molecule has 0 N–H and O–H groups in total. The number of anilines is 1. The highest BCUT2D eigenvalue weighted by Gasteiger charge is 2.56. The second kappa shape index (κ2) is 5.27. The molecule has 0 aromatic carbocycles. The fourth-order valence-electron chi connectivity index (χ4n) is 4.18. The lowest BCUT2D eigenvalue weighted by Gasteiger charge is -2.43. The van der Waals surface area contributed by atoms with Crippen LogP contribution < -0.4 is 4.90 Å². The Kier molecular flexibility index (Phi) is 3.16. The quantitative estimate of drug-likeness (QED) is 0.683. The lowest BCUT2D eigenvalue weighted by molar-refractivity contribution is -0.148. The number of rotatable bonds is 2. The first-order valence-electron chi connectivity index (χ1n) is 8.52. The Hall–Kier alpha value is -2.98. The van der Waals surface area contributed by atoms with Crippen molar-refractivity contribution in [1.82, 2.24) is 34.3 Å². The van der Waals surface area contributed by atoms with Crippen molar-refractivity contribution in [2.75, 3.05) is 11.4 Å². The van der Waals surface area contributed by atoms with E-state index in [1.807, 2.05) is 0 Å². The summed E-state index contributed by atoms with van der Waals surface area (Å²) >= 11 is 0. The van der Waals surface area contributed by atoms with Crippen LogP contribution in [0, 0.1) is 6.92 Å². The van der Waals surface area contributed by atoms with Gasteiger partial charge in [0.15, 0.2) is 11.6 Å². The summed E-state index contributed by atoms with van der Waals surface area (Å²) in [4.78, 5) is 14.6. The van der Waals surface area contributed by atoms with Gasteiger partial charge in [-0.1, -0.05) is 0 Å². The van der Waals surface area contributed by atoms with E-state index in [1.54, 1.807) is 45.9 Å². The van der Waals surface area contributed by atoms with Crippen LogP contribution in [0.3, 0.4) is 0 Å². The Morgan fingerprint density at radius 3 is 2.85 bits per heavy atom. The number of hydrogen-bond acceptors (Lipinski definition) is 6. The molecule has 0 saturated carbocycles. The molecule has 3 aromatic rings. The molecule has 1 atom stereocenters. The molecule has 27 heavy (non-hydrogen) atoms. The number of nitrogens with zero attached hydrogens (tertiary/aromatic N) is 8. The van der Waals surface area contributed by atoms with Gasteiger partial charge < -0.3 is 4.90 Å². The second-order valence-electron chi connectivity index (χ2n) is 6.83. The third-order valence-corrected chi connectivity index (χ3v) is 5.19. The smallest absolute Gasteiger partial charge is 0.341 e. The van der Waals surface area contributed by atoms with Gasteiger partial charge in [0.1, 0.15) is 23.4 Å². The van der Waals surface area contributed by atoms with Crippen LogP contribution >= 0.6 is 0 Å². The van der Waals surface area contributed by atoms with Crippen LogP contribution in [0.25, 0.3) is 11.6 Å². The second-order valence-corrected chi connectivity index (χ2v) is 6.83. The van der Waals surface area contributed by atoms with E-state index in [9.17, 15) is 13.2 Å². The summed E-state index contributed by atoms with van der Waals surface area (Å²) in [7, 11) is 0. The van der Waals surface area contributed by atoms with E-state index < -0.39 is 18.1 Å². The summed E-state index contributed by atoms with van der Waals surface area (Å²) in [6, 6.07) is 0. The first kappa shape index (κ1) is 16.2. The molecule has 0 radical (unpaired) electrons. The van der Waals surface area contributed by atoms with Crippen LogP contribution in [0.2, 0.25) is 0 Å². The van der Waals surface area contributed by atoms with Gasteiger partial charge in [0.25, 0.3) is 0 Å². The van der Waals surface area contributed by atoms with Crippen LogP contribution in [0.5, 0.6) is 0 Å². The normalized spacial score (nSPS) is 21.1. The van der Waals surface area contributed by atoms with E-state index in [4.69, 9.17) is 0 Å². The van der Waals surface area contributed by atoms with Gasteiger partial charge in [-0.25, -0.2) is 9.97 Å². The van der Waals surface area contributed by atoms with E-state index in [0.29, 0.717) is 48.5 Å². The third-order valence-electron chi connectivity index (χ3n) is 5.19.